The van der Waals surface area contributed by atoms with Gasteiger partial charge in [0.1, 0.15) is 35.1 Å². The highest BCUT2D eigenvalue weighted by molar-refractivity contribution is 5.78. The van der Waals surface area contributed by atoms with Crippen molar-refractivity contribution in [3.8, 4) is 29.1 Å². The molecule has 1 aliphatic rings. The zero-order chi connectivity index (χ0) is 23.7. The molecule has 1 N–H and O–H groups in total. The number of aromatic nitrogens is 8. The first-order valence-electron chi connectivity index (χ1n) is 10.7. The van der Waals surface area contributed by atoms with Crippen LogP contribution in [0.1, 0.15) is 19.3 Å². The number of pyridine rings is 1. The van der Waals surface area contributed by atoms with E-state index in [0.29, 0.717) is 47.6 Å². The number of carbonyl (C=O) groups is 1. The molecule has 4 aromatic rings. The van der Waals surface area contributed by atoms with Gasteiger partial charge < -0.3 is 10.2 Å². The summed E-state index contributed by atoms with van der Waals surface area (Å²) in [5, 5.41) is 23.8. The lowest BCUT2D eigenvalue weighted by Crippen LogP contribution is -2.45. The molecular weight excluding hydrogens is 441 g/mol. The summed E-state index contributed by atoms with van der Waals surface area (Å²) in [6, 6.07) is 6.49. The van der Waals surface area contributed by atoms with Crippen molar-refractivity contribution in [3.05, 3.63) is 36.4 Å². The third-order valence-electron chi connectivity index (χ3n) is 5.63. The number of likely N-dealkylation sites (tertiary alicyclic amines) is 1. The molecule has 172 valence electrons. The molecule has 0 aliphatic carbocycles. The average molecular weight is 461 g/mol. The van der Waals surface area contributed by atoms with Gasteiger partial charge >= 0.3 is 0 Å². The second-order valence-corrected chi connectivity index (χ2v) is 7.97. The van der Waals surface area contributed by atoms with E-state index in [4.69, 9.17) is 5.26 Å². The fraction of sp³-hybridized carbons (Fsp3) is 0.333. The number of halogens is 1. The maximum Gasteiger partial charge on any atom is 0.236 e. The van der Waals surface area contributed by atoms with Crippen LogP contribution in [0.25, 0.3) is 28.7 Å². The number of piperidine rings is 1. The first-order chi connectivity index (χ1) is 16.5. The van der Waals surface area contributed by atoms with Crippen LogP contribution in [0.4, 0.5) is 10.2 Å². The van der Waals surface area contributed by atoms with E-state index in [1.165, 1.54) is 16.9 Å². The Labute approximate surface area is 193 Å². The van der Waals surface area contributed by atoms with Gasteiger partial charge in [0, 0.05) is 38.4 Å². The molecule has 1 amide bonds. The predicted octanol–water partition coefficient (Wildman–Crippen LogP) is 1.44. The van der Waals surface area contributed by atoms with E-state index in [0.717, 1.165) is 12.8 Å². The monoisotopic (exact) mass is 461 g/mol. The van der Waals surface area contributed by atoms with Crippen molar-refractivity contribution in [3.63, 3.8) is 0 Å². The minimum atomic E-state index is -0.414. The van der Waals surface area contributed by atoms with Crippen LogP contribution in [-0.4, -0.2) is 69.5 Å². The molecule has 0 saturated carbocycles. The molecule has 12 nitrogen and oxygen atoms in total. The number of fused-ring (bicyclic) bond motifs is 1. The standard InChI is InChI=1S/C21H20FN11O/c1-31-21(28-29-30-31)15-9-17(25-14-3-2-8-32(12-14)19(34)6-7-23)27-20(26-15)16-10-24-18-5-4-13(22)11-33(16)18/h4-5,9-11,14H,2-3,6,8,12H2,1H3,(H,25,26,27). The Morgan fingerprint density at radius 1 is 1.35 bits per heavy atom. The summed E-state index contributed by atoms with van der Waals surface area (Å²) in [6.45, 7) is 1.08. The molecule has 0 spiro atoms. The highest BCUT2D eigenvalue weighted by atomic mass is 19.1. The zero-order valence-electron chi connectivity index (χ0n) is 18.3. The quantitative estimate of drug-likeness (QED) is 0.467. The number of carbonyl (C=O) groups excluding carboxylic acids is 1. The van der Waals surface area contributed by atoms with Crippen molar-refractivity contribution in [2.75, 3.05) is 18.4 Å². The summed E-state index contributed by atoms with van der Waals surface area (Å²) in [4.78, 5) is 27.5. The molecule has 34 heavy (non-hydrogen) atoms. The number of nitriles is 1. The van der Waals surface area contributed by atoms with Crippen LogP contribution in [-0.2, 0) is 11.8 Å². The minimum absolute atomic E-state index is 0.0655. The molecule has 0 aromatic carbocycles. The predicted molar refractivity (Wildman–Crippen MR) is 117 cm³/mol. The highest BCUT2D eigenvalue weighted by Gasteiger charge is 2.24. The van der Waals surface area contributed by atoms with Gasteiger partial charge in [-0.25, -0.2) is 24.0 Å². The number of anilines is 1. The first kappa shape index (κ1) is 21.4. The molecule has 1 aliphatic heterocycles. The molecular formula is C21H20FN11O. The summed E-state index contributed by atoms with van der Waals surface area (Å²) in [6.07, 6.45) is 4.40. The first-order valence-corrected chi connectivity index (χ1v) is 10.7. The molecule has 0 radical (unpaired) electrons. The van der Waals surface area contributed by atoms with Crippen LogP contribution in [0, 0.1) is 17.1 Å². The minimum Gasteiger partial charge on any atom is -0.365 e. The molecule has 1 saturated heterocycles. The van der Waals surface area contributed by atoms with Gasteiger partial charge in [0.05, 0.1) is 12.3 Å². The molecule has 13 heteroatoms. The molecule has 4 aromatic heterocycles. The van der Waals surface area contributed by atoms with Crippen molar-refractivity contribution in [1.29, 1.82) is 5.26 Å². The van der Waals surface area contributed by atoms with E-state index >= 15 is 0 Å². The largest absolute Gasteiger partial charge is 0.365 e. The second-order valence-electron chi connectivity index (χ2n) is 7.97. The number of nitrogens with one attached hydrogen (secondary N) is 1. The Bertz CT molecular complexity index is 1410. The van der Waals surface area contributed by atoms with Crippen LogP contribution in [0.5, 0.6) is 0 Å². The summed E-state index contributed by atoms with van der Waals surface area (Å²) in [5.74, 6) is 0.656. The maximum atomic E-state index is 13.9. The van der Waals surface area contributed by atoms with Crippen LogP contribution >= 0.6 is 0 Å². The topological polar surface area (TPSA) is 143 Å². The number of hydrogen-bond donors (Lipinski definition) is 1. The molecule has 1 unspecified atom stereocenters. The van der Waals surface area contributed by atoms with E-state index in [2.05, 4.69) is 35.8 Å². The van der Waals surface area contributed by atoms with Crippen LogP contribution in [0.2, 0.25) is 0 Å². The normalized spacial score (nSPS) is 15.9. The van der Waals surface area contributed by atoms with Gasteiger partial charge in [-0.05, 0) is 35.4 Å². The van der Waals surface area contributed by atoms with Gasteiger partial charge in [-0.2, -0.15) is 5.26 Å². The fourth-order valence-corrected chi connectivity index (χ4v) is 4.03. The van der Waals surface area contributed by atoms with Gasteiger partial charge in [0.25, 0.3) is 0 Å². The highest BCUT2D eigenvalue weighted by Crippen LogP contribution is 2.25. The van der Waals surface area contributed by atoms with Crippen LogP contribution in [0.15, 0.2) is 30.6 Å². The van der Waals surface area contributed by atoms with Crippen molar-refractivity contribution < 1.29 is 9.18 Å². The van der Waals surface area contributed by atoms with Crippen molar-refractivity contribution >= 4 is 17.4 Å². The van der Waals surface area contributed by atoms with Gasteiger partial charge in [-0.15, -0.1) is 5.10 Å². The van der Waals surface area contributed by atoms with E-state index in [-0.39, 0.29) is 18.4 Å². The van der Waals surface area contributed by atoms with E-state index in [1.54, 1.807) is 34.7 Å². The maximum absolute atomic E-state index is 13.9. The Balaban J connectivity index is 1.52. The number of rotatable bonds is 5. The fourth-order valence-electron chi connectivity index (χ4n) is 4.03. The number of amides is 1. The second kappa shape index (κ2) is 8.81. The number of nitrogens with zero attached hydrogens (tertiary/aromatic N) is 10. The molecule has 1 fully saturated rings. The van der Waals surface area contributed by atoms with Gasteiger partial charge in [0.15, 0.2) is 5.82 Å². The van der Waals surface area contributed by atoms with Gasteiger partial charge in [-0.3, -0.25) is 9.20 Å². The molecule has 1 atom stereocenters. The van der Waals surface area contributed by atoms with Gasteiger partial charge in [0.2, 0.25) is 11.7 Å². The summed E-state index contributed by atoms with van der Waals surface area (Å²) in [7, 11) is 1.70. The number of tetrazole rings is 1. The van der Waals surface area contributed by atoms with Gasteiger partial charge in [-0.1, -0.05) is 0 Å². The lowest BCUT2D eigenvalue weighted by Gasteiger charge is -2.33. The number of aryl methyl sites for hydroxylation is 1. The third kappa shape index (κ3) is 4.13. The summed E-state index contributed by atoms with van der Waals surface area (Å²) in [5.41, 5.74) is 1.53. The Kier molecular flexibility index (Phi) is 5.54. The zero-order valence-corrected chi connectivity index (χ0v) is 18.3. The lowest BCUT2D eigenvalue weighted by molar-refractivity contribution is -0.131. The Hall–Kier alpha value is -4.47. The van der Waals surface area contributed by atoms with E-state index in [9.17, 15) is 9.18 Å². The lowest BCUT2D eigenvalue weighted by atomic mass is 10.1. The summed E-state index contributed by atoms with van der Waals surface area (Å²) >= 11 is 0. The Morgan fingerprint density at radius 2 is 2.24 bits per heavy atom. The molecule has 5 rings (SSSR count). The number of imidazole rings is 1. The van der Waals surface area contributed by atoms with Crippen molar-refractivity contribution in [2.45, 2.75) is 25.3 Å². The number of hydrogen-bond acceptors (Lipinski definition) is 9. The molecule has 0 bridgehead atoms. The van der Waals surface area contributed by atoms with Crippen molar-refractivity contribution in [2.24, 2.45) is 7.05 Å². The van der Waals surface area contributed by atoms with Crippen molar-refractivity contribution in [1.82, 2.24) is 44.5 Å². The SMILES string of the molecule is Cn1nnnc1-c1cc(NC2CCCN(C(=O)CC#N)C2)nc(-c2cnc3ccc(F)cn23)n1. The van der Waals surface area contributed by atoms with Crippen LogP contribution in [0.3, 0.4) is 0 Å². The molecule has 5 heterocycles. The summed E-state index contributed by atoms with van der Waals surface area (Å²) < 4.78 is 17.0. The van der Waals surface area contributed by atoms with Crippen LogP contribution < -0.4 is 5.32 Å². The average Bonchev–Trinajstić information content (AvgIpc) is 3.45. The smallest absolute Gasteiger partial charge is 0.236 e. The Morgan fingerprint density at radius 3 is 3.03 bits per heavy atom. The van der Waals surface area contributed by atoms with E-state index < -0.39 is 5.82 Å². The van der Waals surface area contributed by atoms with E-state index in [1.807, 2.05) is 6.07 Å². The third-order valence-corrected chi connectivity index (χ3v) is 5.63.